The molecule has 4 aromatic rings. The minimum absolute atomic E-state index is 0.00267. The Labute approximate surface area is 237 Å². The molecule has 0 aromatic heterocycles. The summed E-state index contributed by atoms with van der Waals surface area (Å²) >= 11 is 5.60. The average molecular weight is 567 g/mol. The van der Waals surface area contributed by atoms with Gasteiger partial charge in [-0.3, -0.25) is 39.6 Å². The molecule has 0 spiro atoms. The number of nitro benzene ring substituents is 2. The Kier molecular flexibility index (Phi) is 7.31. The topological polar surface area (TPSA) is 136 Å². The van der Waals surface area contributed by atoms with Crippen LogP contribution in [0.3, 0.4) is 0 Å². The predicted octanol–water partition coefficient (Wildman–Crippen LogP) is 6.04. The van der Waals surface area contributed by atoms with Crippen LogP contribution in [-0.2, 0) is 9.59 Å². The van der Waals surface area contributed by atoms with Crippen LogP contribution in [0.15, 0.2) is 109 Å². The number of hydrogen-bond acceptors (Lipinski definition) is 8. The number of rotatable bonds is 7. The van der Waals surface area contributed by atoms with E-state index in [4.69, 9.17) is 17.0 Å². The monoisotopic (exact) mass is 566 g/mol. The van der Waals surface area contributed by atoms with Crippen LogP contribution in [0.5, 0.6) is 11.5 Å². The second-order valence-corrected chi connectivity index (χ2v) is 9.00. The molecule has 12 heteroatoms. The minimum atomic E-state index is -0.785. The summed E-state index contributed by atoms with van der Waals surface area (Å²) in [4.78, 5) is 50.9. The van der Waals surface area contributed by atoms with Gasteiger partial charge in [0.2, 0.25) is 5.75 Å². The van der Waals surface area contributed by atoms with E-state index in [0.717, 1.165) is 18.2 Å². The van der Waals surface area contributed by atoms with Crippen LogP contribution in [0.1, 0.15) is 5.56 Å². The summed E-state index contributed by atoms with van der Waals surface area (Å²) in [5, 5.41) is 22.6. The first-order chi connectivity index (χ1) is 19.7. The highest BCUT2D eigenvalue weighted by Crippen LogP contribution is 2.35. The number of thiocarbonyl (C=S) groups is 1. The molecule has 0 aliphatic carbocycles. The van der Waals surface area contributed by atoms with E-state index in [2.05, 4.69) is 0 Å². The van der Waals surface area contributed by atoms with Gasteiger partial charge in [-0.05, 0) is 66.3 Å². The van der Waals surface area contributed by atoms with E-state index in [9.17, 15) is 29.8 Å². The highest BCUT2D eigenvalue weighted by atomic mass is 32.1. The summed E-state index contributed by atoms with van der Waals surface area (Å²) in [6.07, 6.45) is 1.38. The first-order valence-electron chi connectivity index (χ1n) is 12.0. The molecule has 1 saturated heterocycles. The molecule has 0 N–H and O–H groups in total. The lowest BCUT2D eigenvalue weighted by molar-refractivity contribution is -0.394. The molecule has 11 nitrogen and oxygen atoms in total. The molecule has 2 amide bonds. The lowest BCUT2D eigenvalue weighted by Gasteiger charge is -2.36. The Morgan fingerprint density at radius 2 is 1.29 bits per heavy atom. The van der Waals surface area contributed by atoms with Crippen LogP contribution >= 0.6 is 12.2 Å². The summed E-state index contributed by atoms with van der Waals surface area (Å²) in [6, 6.07) is 26.6. The van der Waals surface area contributed by atoms with Crippen molar-refractivity contribution in [2.24, 2.45) is 0 Å². The molecular weight excluding hydrogens is 548 g/mol. The van der Waals surface area contributed by atoms with Gasteiger partial charge in [0.25, 0.3) is 17.5 Å². The molecule has 1 heterocycles. The van der Waals surface area contributed by atoms with Gasteiger partial charge in [-0.2, -0.15) is 0 Å². The Hall–Kier alpha value is -5.75. The van der Waals surface area contributed by atoms with Gasteiger partial charge < -0.3 is 4.74 Å². The normalized spacial score (nSPS) is 13.3. The summed E-state index contributed by atoms with van der Waals surface area (Å²) in [5.74, 6) is -1.33. The number of ether oxygens (including phenoxy) is 1. The predicted molar refractivity (Wildman–Crippen MR) is 155 cm³/mol. The Bertz CT molecular complexity index is 1680. The highest BCUT2D eigenvalue weighted by molar-refractivity contribution is 7.81. The molecule has 0 unspecified atom stereocenters. The number of para-hydroxylation sites is 2. The second kappa shape index (κ2) is 11.2. The second-order valence-electron chi connectivity index (χ2n) is 8.63. The summed E-state index contributed by atoms with van der Waals surface area (Å²) < 4.78 is 5.68. The van der Waals surface area contributed by atoms with Crippen molar-refractivity contribution < 1.29 is 24.2 Å². The minimum Gasteiger partial charge on any atom is -0.450 e. The molecule has 0 radical (unpaired) electrons. The van der Waals surface area contributed by atoms with Gasteiger partial charge >= 0.3 is 5.69 Å². The zero-order valence-electron chi connectivity index (χ0n) is 20.9. The van der Waals surface area contributed by atoms with E-state index in [1.165, 1.54) is 28.0 Å². The fraction of sp³-hybridized carbons (Fsp3) is 0. The Morgan fingerprint density at radius 1 is 0.707 bits per heavy atom. The first-order valence-corrected chi connectivity index (χ1v) is 12.4. The summed E-state index contributed by atoms with van der Waals surface area (Å²) in [7, 11) is 0. The molecule has 0 bridgehead atoms. The number of non-ortho nitro benzene ring substituents is 1. The number of hydrogen-bond donors (Lipinski definition) is 0. The van der Waals surface area contributed by atoms with E-state index in [1.54, 1.807) is 72.8 Å². The van der Waals surface area contributed by atoms with Crippen LogP contribution in [0, 0.1) is 20.2 Å². The van der Waals surface area contributed by atoms with Crippen molar-refractivity contribution in [3.63, 3.8) is 0 Å². The zero-order chi connectivity index (χ0) is 29.1. The number of carbonyl (C=O) groups is 2. The fourth-order valence-corrected chi connectivity index (χ4v) is 4.53. The smallest absolute Gasteiger partial charge is 0.318 e. The number of carbonyl (C=O) groups excluding carboxylic acids is 2. The Balaban J connectivity index is 1.54. The third kappa shape index (κ3) is 5.40. The van der Waals surface area contributed by atoms with Crippen LogP contribution in [0.2, 0.25) is 0 Å². The van der Waals surface area contributed by atoms with Gasteiger partial charge in [-0.15, -0.1) is 0 Å². The van der Waals surface area contributed by atoms with Crippen molar-refractivity contribution in [1.29, 1.82) is 0 Å². The van der Waals surface area contributed by atoms with Crippen LogP contribution in [0.4, 0.5) is 22.7 Å². The maximum Gasteiger partial charge on any atom is 0.318 e. The van der Waals surface area contributed by atoms with Gasteiger partial charge in [0.05, 0.1) is 27.3 Å². The maximum absolute atomic E-state index is 13.7. The van der Waals surface area contributed by atoms with Gasteiger partial charge in [0.15, 0.2) is 5.11 Å². The van der Waals surface area contributed by atoms with Crippen molar-refractivity contribution in [1.82, 2.24) is 0 Å². The lowest BCUT2D eigenvalue weighted by Crippen LogP contribution is -2.56. The third-order valence-electron chi connectivity index (χ3n) is 6.03. The third-order valence-corrected chi connectivity index (χ3v) is 6.39. The Morgan fingerprint density at radius 3 is 1.83 bits per heavy atom. The van der Waals surface area contributed by atoms with Crippen LogP contribution in [-0.4, -0.2) is 26.8 Å². The van der Waals surface area contributed by atoms with E-state index < -0.39 is 33.0 Å². The first kappa shape index (κ1) is 26.8. The van der Waals surface area contributed by atoms with Gasteiger partial charge in [0, 0.05) is 6.07 Å². The van der Waals surface area contributed by atoms with Crippen molar-refractivity contribution in [2.75, 3.05) is 9.80 Å². The van der Waals surface area contributed by atoms with E-state index >= 15 is 0 Å². The quantitative estimate of drug-likeness (QED) is 0.0868. The molecule has 5 rings (SSSR count). The number of anilines is 2. The van der Waals surface area contributed by atoms with Crippen molar-refractivity contribution in [3.8, 4) is 11.5 Å². The molecule has 41 heavy (non-hydrogen) atoms. The molecular formula is C29H18N4O7S. The molecule has 1 aliphatic rings. The number of benzene rings is 4. The van der Waals surface area contributed by atoms with E-state index in [1.807, 2.05) is 0 Å². The molecule has 0 atom stereocenters. The zero-order valence-corrected chi connectivity index (χ0v) is 21.8. The number of nitro groups is 2. The van der Waals surface area contributed by atoms with Crippen LogP contribution in [0.25, 0.3) is 6.08 Å². The fourth-order valence-electron chi connectivity index (χ4n) is 4.15. The van der Waals surface area contributed by atoms with Gasteiger partial charge in [-0.1, -0.05) is 48.5 Å². The maximum atomic E-state index is 13.7. The molecule has 1 fully saturated rings. The molecule has 0 saturated carbocycles. The standard InChI is InChI=1S/C29H18N4O7S/c34-27-24(28(35)31(21-11-5-2-6-12-21)29(41)30(27)20-9-3-1-4-10-20)17-19-8-7-13-23(16-19)40-26-15-14-22(32(36)37)18-25(26)33(38)39/h1-18H. The van der Waals surface area contributed by atoms with Crippen LogP contribution < -0.4 is 14.5 Å². The van der Waals surface area contributed by atoms with Crippen molar-refractivity contribution >= 4 is 58.0 Å². The van der Waals surface area contributed by atoms with E-state index in [0.29, 0.717) is 16.9 Å². The highest BCUT2D eigenvalue weighted by Gasteiger charge is 2.41. The summed E-state index contributed by atoms with van der Waals surface area (Å²) in [6.45, 7) is 0. The summed E-state index contributed by atoms with van der Waals surface area (Å²) in [5.41, 5.74) is 0.114. The molecule has 4 aromatic carbocycles. The van der Waals surface area contributed by atoms with E-state index in [-0.39, 0.29) is 22.2 Å². The number of amides is 2. The van der Waals surface area contributed by atoms with Crippen molar-refractivity contribution in [2.45, 2.75) is 0 Å². The lowest BCUT2D eigenvalue weighted by atomic mass is 10.0. The number of nitrogens with zero attached hydrogens (tertiary/aromatic N) is 4. The van der Waals surface area contributed by atoms with Gasteiger partial charge in [0.1, 0.15) is 11.3 Å². The SMILES string of the molecule is O=C1C(=Cc2cccc(Oc3ccc([N+](=O)[O-])cc3[N+](=O)[O-])c2)C(=O)N(c2ccccc2)C(=S)N1c1ccccc1. The van der Waals surface area contributed by atoms with Crippen molar-refractivity contribution in [3.05, 3.63) is 134 Å². The van der Waals surface area contributed by atoms with Gasteiger partial charge in [-0.25, -0.2) is 0 Å². The largest absolute Gasteiger partial charge is 0.450 e. The molecule has 202 valence electrons. The molecule has 1 aliphatic heterocycles. The average Bonchev–Trinajstić information content (AvgIpc) is 2.97.